The van der Waals surface area contributed by atoms with Crippen LogP contribution in [0.2, 0.25) is 0 Å². The van der Waals surface area contributed by atoms with Crippen LogP contribution in [0.1, 0.15) is 1.37 Å². The van der Waals surface area contributed by atoms with Gasteiger partial charge in [0, 0.05) is 27.3 Å². The van der Waals surface area contributed by atoms with Crippen molar-refractivity contribution in [2.45, 2.75) is 0 Å². The number of rotatable bonds is 0. The first-order valence-corrected chi connectivity index (χ1v) is 7.66. The van der Waals surface area contributed by atoms with Gasteiger partial charge in [-0.25, -0.2) is 20.0 Å². The molecule has 0 atom stereocenters. The van der Waals surface area contributed by atoms with E-state index in [1.165, 1.54) is 0 Å². The maximum Gasteiger partial charge on any atom is 0.0659 e. The number of aliphatic imine (C=N–C) groups is 4. The Balaban J connectivity index is 0.00000168. The van der Waals surface area contributed by atoms with Crippen molar-refractivity contribution >= 4 is 22.8 Å². The van der Waals surface area contributed by atoms with Crippen molar-refractivity contribution in [2.24, 2.45) is 20.0 Å². The molecule has 5 heteroatoms. The number of fused-ring (bicyclic) bond motifs is 4. The molecule has 0 amide bonds. The molecule has 0 aromatic carbocycles. The Morgan fingerprint density at radius 2 is 0.840 bits per heavy atom. The summed E-state index contributed by atoms with van der Waals surface area (Å²) in [6, 6.07) is 0.379. The molecular formula is C20H12CdN4. The van der Waals surface area contributed by atoms with Gasteiger partial charge in [-0.15, -0.1) is 0 Å². The van der Waals surface area contributed by atoms with Gasteiger partial charge >= 0.3 is 0 Å². The molecule has 0 aromatic rings. The standard InChI is InChI=1S/C20H12N4.Cd/c1-2-14-10-16-5-6-18(23-16)12-20-8-7-19(24-20)11-17-4-3-15(22-17)9-13(1)21-14;/h1-12H;/i1D;. The van der Waals surface area contributed by atoms with E-state index in [0.29, 0.717) is 11.7 Å². The normalized spacial score (nSPS) is 22.7. The molecule has 5 aliphatic heterocycles. The molecular weight excluding hydrogens is 409 g/mol. The van der Waals surface area contributed by atoms with Crippen LogP contribution in [0.4, 0.5) is 0 Å². The summed E-state index contributed by atoms with van der Waals surface area (Å²) in [6.07, 6.45) is 21.0. The van der Waals surface area contributed by atoms with Crippen molar-refractivity contribution in [1.82, 2.24) is 0 Å². The SMILES string of the molecule is [2H]C1=CC2=NC1=CC1=NC(=CC3=NC(=CC4=NC(=C2)C=C4)C=C3)C=C1.[Cd]. The van der Waals surface area contributed by atoms with E-state index in [2.05, 4.69) is 20.0 Å². The molecule has 5 rings (SSSR count). The van der Waals surface area contributed by atoms with Crippen LogP contribution in [0.5, 0.6) is 0 Å². The second-order valence-corrected chi connectivity index (χ2v) is 5.67. The van der Waals surface area contributed by atoms with Gasteiger partial charge in [-0.1, -0.05) is 0 Å². The van der Waals surface area contributed by atoms with E-state index >= 15 is 0 Å². The average molecular weight is 422 g/mol. The fourth-order valence-corrected chi connectivity index (χ4v) is 2.76. The van der Waals surface area contributed by atoms with Gasteiger partial charge in [0.25, 0.3) is 0 Å². The summed E-state index contributed by atoms with van der Waals surface area (Å²) in [6.45, 7) is 0. The first-order chi connectivity index (χ1) is 12.2. The van der Waals surface area contributed by atoms with E-state index in [-0.39, 0.29) is 27.3 Å². The number of nitrogens with zero attached hydrogens (tertiary/aromatic N) is 4. The van der Waals surface area contributed by atoms with Crippen molar-refractivity contribution < 1.29 is 28.7 Å². The van der Waals surface area contributed by atoms with Gasteiger partial charge in [0.05, 0.1) is 47.0 Å². The molecule has 25 heavy (non-hydrogen) atoms. The Morgan fingerprint density at radius 3 is 1.32 bits per heavy atom. The molecule has 0 aromatic heterocycles. The van der Waals surface area contributed by atoms with Crippen LogP contribution in [0, 0.1) is 0 Å². The molecule has 0 saturated heterocycles. The van der Waals surface area contributed by atoms with E-state index in [4.69, 9.17) is 1.37 Å². The summed E-state index contributed by atoms with van der Waals surface area (Å²) in [5, 5.41) is 0. The smallest absolute Gasteiger partial charge is 0.0659 e. The van der Waals surface area contributed by atoms with E-state index in [1.807, 2.05) is 60.8 Å². The summed E-state index contributed by atoms with van der Waals surface area (Å²) >= 11 is 0. The Kier molecular flexibility index (Phi) is 3.82. The predicted molar refractivity (Wildman–Crippen MR) is 98.6 cm³/mol. The zero-order valence-corrected chi connectivity index (χ0v) is 17.4. The largest absolute Gasteiger partial charge is 0.249 e. The fourth-order valence-electron chi connectivity index (χ4n) is 2.76. The Labute approximate surface area is 166 Å². The Hall–Kier alpha value is -2.48. The first kappa shape index (κ1) is 14.8. The molecule has 5 heterocycles. The Morgan fingerprint density at radius 1 is 0.480 bits per heavy atom. The minimum absolute atomic E-state index is 0. The molecule has 0 radical (unpaired) electrons. The van der Waals surface area contributed by atoms with Crippen molar-refractivity contribution in [1.29, 1.82) is 0 Å². The van der Waals surface area contributed by atoms with E-state index in [0.717, 1.165) is 39.9 Å². The summed E-state index contributed by atoms with van der Waals surface area (Å²) in [7, 11) is 0. The summed E-state index contributed by atoms with van der Waals surface area (Å²) < 4.78 is 8.11. The van der Waals surface area contributed by atoms with Crippen molar-refractivity contribution in [3.63, 3.8) is 0 Å². The Bertz CT molecular complexity index is 1080. The molecule has 0 unspecified atom stereocenters. The zero-order valence-electron chi connectivity index (χ0n) is 14.3. The predicted octanol–water partition coefficient (Wildman–Crippen LogP) is 3.58. The first-order valence-electron chi connectivity index (χ1n) is 8.16. The second kappa shape index (κ2) is 6.44. The molecule has 8 bridgehead atoms. The molecule has 0 N–H and O–H groups in total. The van der Waals surface area contributed by atoms with Crippen molar-refractivity contribution in [3.8, 4) is 0 Å². The van der Waals surface area contributed by atoms with Crippen molar-refractivity contribution in [2.75, 3.05) is 0 Å². The van der Waals surface area contributed by atoms with Crippen LogP contribution in [-0.2, 0) is 27.3 Å². The van der Waals surface area contributed by atoms with Gasteiger partial charge in [0.15, 0.2) is 0 Å². The molecule has 0 aliphatic carbocycles. The third-order valence-electron chi connectivity index (χ3n) is 3.84. The van der Waals surface area contributed by atoms with Gasteiger partial charge in [-0.05, 0) is 72.9 Å². The number of allylic oxidation sites excluding steroid dienone is 12. The second-order valence-electron chi connectivity index (χ2n) is 5.67. The number of hydrogen-bond donors (Lipinski definition) is 0. The number of hydrogen-bond acceptors (Lipinski definition) is 4. The minimum atomic E-state index is 0. The average Bonchev–Trinajstić information content (AvgIpc) is 3.33. The summed E-state index contributed by atoms with van der Waals surface area (Å²) in [5.74, 6) is 0. The van der Waals surface area contributed by atoms with Crippen LogP contribution in [-0.4, -0.2) is 22.8 Å². The molecule has 114 valence electrons. The third-order valence-corrected chi connectivity index (χ3v) is 3.84. The van der Waals surface area contributed by atoms with E-state index in [1.54, 1.807) is 6.08 Å². The third kappa shape index (κ3) is 3.34. The summed E-state index contributed by atoms with van der Waals surface area (Å²) in [4.78, 5) is 18.2. The minimum Gasteiger partial charge on any atom is -0.249 e. The fraction of sp³-hybridized carbons (Fsp3) is 0. The molecule has 5 aliphatic rings. The van der Waals surface area contributed by atoms with Crippen LogP contribution in [0.3, 0.4) is 0 Å². The van der Waals surface area contributed by atoms with Gasteiger partial charge in [0.1, 0.15) is 0 Å². The molecule has 4 nitrogen and oxygen atoms in total. The topological polar surface area (TPSA) is 49.4 Å². The van der Waals surface area contributed by atoms with Crippen molar-refractivity contribution in [3.05, 3.63) is 95.7 Å². The van der Waals surface area contributed by atoms with Crippen LogP contribution < -0.4 is 0 Å². The monoisotopic (exact) mass is 423 g/mol. The zero-order chi connectivity index (χ0) is 16.8. The van der Waals surface area contributed by atoms with E-state index < -0.39 is 0 Å². The van der Waals surface area contributed by atoms with Gasteiger partial charge < -0.3 is 0 Å². The van der Waals surface area contributed by atoms with Crippen LogP contribution in [0.25, 0.3) is 0 Å². The molecule has 0 fully saturated rings. The summed E-state index contributed by atoms with van der Waals surface area (Å²) in [5.41, 5.74) is 6.33. The van der Waals surface area contributed by atoms with Gasteiger partial charge in [-0.3, -0.25) is 0 Å². The molecule has 0 saturated carbocycles. The van der Waals surface area contributed by atoms with Crippen LogP contribution in [0.15, 0.2) is 116 Å². The van der Waals surface area contributed by atoms with Crippen LogP contribution >= 0.6 is 0 Å². The van der Waals surface area contributed by atoms with E-state index in [9.17, 15) is 0 Å². The maximum absolute atomic E-state index is 8.11. The quantitative estimate of drug-likeness (QED) is 0.537. The van der Waals surface area contributed by atoms with Gasteiger partial charge in [0.2, 0.25) is 0 Å². The van der Waals surface area contributed by atoms with Gasteiger partial charge in [-0.2, -0.15) is 0 Å². The maximum atomic E-state index is 8.11. The molecule has 0 spiro atoms.